The first kappa shape index (κ1) is 15.9. The van der Waals surface area contributed by atoms with Gasteiger partial charge in [-0.1, -0.05) is 20.8 Å². The Labute approximate surface area is 139 Å². The first-order valence-corrected chi connectivity index (χ1v) is 9.49. The Balaban J connectivity index is 1.49. The summed E-state index contributed by atoms with van der Waals surface area (Å²) in [6.07, 6.45) is 6.04. The molecule has 0 aromatic rings. The van der Waals surface area contributed by atoms with Crippen molar-refractivity contribution in [1.29, 1.82) is 0 Å². The van der Waals surface area contributed by atoms with Crippen LogP contribution >= 0.6 is 0 Å². The van der Waals surface area contributed by atoms with E-state index < -0.39 is 0 Å². The van der Waals surface area contributed by atoms with Crippen molar-refractivity contribution in [3.8, 4) is 0 Å². The third-order valence-corrected chi connectivity index (χ3v) is 7.00. The number of esters is 1. The van der Waals surface area contributed by atoms with Crippen molar-refractivity contribution in [3.05, 3.63) is 0 Å². The molecule has 23 heavy (non-hydrogen) atoms. The van der Waals surface area contributed by atoms with E-state index in [0.29, 0.717) is 23.2 Å². The molecule has 2 saturated heterocycles. The molecule has 2 saturated carbocycles. The highest BCUT2D eigenvalue weighted by molar-refractivity contribution is 5.75. The van der Waals surface area contributed by atoms with Gasteiger partial charge in [0.15, 0.2) is 0 Å². The van der Waals surface area contributed by atoms with E-state index in [2.05, 4.69) is 26.1 Å². The summed E-state index contributed by atoms with van der Waals surface area (Å²) < 4.78 is 11.8. The SMILES string of the molecule is CC(C)CNC[C@H]1C(=O)O[C@@H]2C[C@@]3(C)CCC[C@]4(CO4)[C@@H]3C[C@@H]21. The number of hydrogen-bond donors (Lipinski definition) is 1. The van der Waals surface area contributed by atoms with Crippen LogP contribution in [-0.2, 0) is 14.3 Å². The summed E-state index contributed by atoms with van der Waals surface area (Å²) in [5.41, 5.74) is 0.454. The molecule has 4 rings (SSSR count). The van der Waals surface area contributed by atoms with Crippen LogP contribution in [0.2, 0.25) is 0 Å². The highest BCUT2D eigenvalue weighted by Gasteiger charge is 2.64. The first-order chi connectivity index (χ1) is 10.9. The van der Waals surface area contributed by atoms with Gasteiger partial charge in [-0.05, 0) is 55.9 Å². The van der Waals surface area contributed by atoms with Gasteiger partial charge in [-0.25, -0.2) is 0 Å². The molecular weight excluding hydrogens is 290 g/mol. The molecule has 0 aromatic heterocycles. The maximum absolute atomic E-state index is 12.4. The number of carbonyl (C=O) groups is 1. The molecule has 130 valence electrons. The second-order valence-electron chi connectivity index (χ2n) is 9.15. The van der Waals surface area contributed by atoms with E-state index in [4.69, 9.17) is 9.47 Å². The molecule has 6 atom stereocenters. The van der Waals surface area contributed by atoms with Gasteiger partial charge in [0, 0.05) is 12.5 Å². The van der Waals surface area contributed by atoms with E-state index in [-0.39, 0.29) is 23.6 Å². The summed E-state index contributed by atoms with van der Waals surface area (Å²) in [5.74, 6) is 1.69. The number of fused-ring (bicyclic) bond motifs is 3. The van der Waals surface area contributed by atoms with Crippen LogP contribution in [0.15, 0.2) is 0 Å². The van der Waals surface area contributed by atoms with E-state index in [1.165, 1.54) is 19.3 Å². The second-order valence-corrected chi connectivity index (χ2v) is 9.15. The minimum atomic E-state index is 0.0317. The molecular formula is C19H31NO3. The lowest BCUT2D eigenvalue weighted by Gasteiger charge is -2.51. The van der Waals surface area contributed by atoms with Crippen molar-refractivity contribution in [2.24, 2.45) is 29.1 Å². The van der Waals surface area contributed by atoms with E-state index in [0.717, 1.165) is 32.5 Å². The predicted octanol–water partition coefficient (Wildman–Crippen LogP) is 2.76. The summed E-state index contributed by atoms with van der Waals surface area (Å²) in [7, 11) is 0. The van der Waals surface area contributed by atoms with E-state index in [9.17, 15) is 4.79 Å². The molecule has 0 bridgehead atoms. The van der Waals surface area contributed by atoms with Gasteiger partial charge in [-0.15, -0.1) is 0 Å². The normalized spacial score (nSPS) is 48.3. The fourth-order valence-corrected chi connectivity index (χ4v) is 5.72. The van der Waals surface area contributed by atoms with Gasteiger partial charge in [0.2, 0.25) is 0 Å². The zero-order valence-electron chi connectivity index (χ0n) is 14.8. The molecule has 1 spiro atoms. The highest BCUT2D eigenvalue weighted by atomic mass is 16.6. The number of hydrogen-bond acceptors (Lipinski definition) is 4. The van der Waals surface area contributed by atoms with Crippen LogP contribution in [0.3, 0.4) is 0 Å². The van der Waals surface area contributed by atoms with Crippen LogP contribution in [0, 0.1) is 29.1 Å². The average Bonchev–Trinajstić information content (AvgIpc) is 3.17. The molecule has 2 heterocycles. The van der Waals surface area contributed by atoms with Gasteiger partial charge < -0.3 is 14.8 Å². The topological polar surface area (TPSA) is 50.9 Å². The minimum absolute atomic E-state index is 0.0317. The van der Waals surface area contributed by atoms with Gasteiger partial charge in [0.1, 0.15) is 6.10 Å². The van der Waals surface area contributed by atoms with Crippen molar-refractivity contribution in [3.63, 3.8) is 0 Å². The van der Waals surface area contributed by atoms with Gasteiger partial charge in [0.05, 0.1) is 18.1 Å². The lowest BCUT2D eigenvalue weighted by Crippen LogP contribution is -2.51. The summed E-state index contributed by atoms with van der Waals surface area (Å²) in [6.45, 7) is 9.49. The average molecular weight is 321 g/mol. The fourth-order valence-electron chi connectivity index (χ4n) is 5.72. The molecule has 4 aliphatic rings. The molecule has 4 fully saturated rings. The second kappa shape index (κ2) is 5.45. The van der Waals surface area contributed by atoms with Crippen molar-refractivity contribution >= 4 is 5.97 Å². The number of nitrogens with one attached hydrogen (secondary N) is 1. The largest absolute Gasteiger partial charge is 0.462 e. The lowest BCUT2D eigenvalue weighted by molar-refractivity contribution is -0.147. The standard InChI is InChI=1S/C19H31NO3/c1-12(2)9-20-10-14-13-7-16-18(3,8-15(13)23-17(14)21)5-4-6-19(16)11-22-19/h12-16,20H,4-11H2,1-3H3/t13-,14-,15-,16-,18-,19+/m1/s1. The Morgan fingerprint density at radius 2 is 2.13 bits per heavy atom. The van der Waals surface area contributed by atoms with E-state index in [1.807, 2.05) is 0 Å². The summed E-state index contributed by atoms with van der Waals surface area (Å²) in [5, 5.41) is 3.48. The zero-order valence-corrected chi connectivity index (χ0v) is 14.8. The molecule has 4 nitrogen and oxygen atoms in total. The third-order valence-electron chi connectivity index (χ3n) is 7.00. The molecule has 0 radical (unpaired) electrons. The van der Waals surface area contributed by atoms with Crippen molar-refractivity contribution in [2.45, 2.75) is 64.6 Å². The molecule has 0 unspecified atom stereocenters. The smallest absolute Gasteiger partial charge is 0.310 e. The van der Waals surface area contributed by atoms with Gasteiger partial charge in [-0.3, -0.25) is 4.79 Å². The molecule has 0 amide bonds. The van der Waals surface area contributed by atoms with Gasteiger partial charge >= 0.3 is 5.97 Å². The number of epoxide rings is 1. The lowest BCUT2D eigenvalue weighted by atomic mass is 9.53. The van der Waals surface area contributed by atoms with E-state index >= 15 is 0 Å². The Morgan fingerprint density at radius 1 is 1.35 bits per heavy atom. The molecule has 2 aliphatic heterocycles. The van der Waals surface area contributed by atoms with Crippen LogP contribution in [-0.4, -0.2) is 37.4 Å². The maximum Gasteiger partial charge on any atom is 0.310 e. The van der Waals surface area contributed by atoms with Crippen LogP contribution in [0.25, 0.3) is 0 Å². The Hall–Kier alpha value is -0.610. The molecule has 1 N–H and O–H groups in total. The van der Waals surface area contributed by atoms with Crippen LogP contribution in [0.4, 0.5) is 0 Å². The van der Waals surface area contributed by atoms with Crippen molar-refractivity contribution in [1.82, 2.24) is 5.32 Å². The van der Waals surface area contributed by atoms with Crippen LogP contribution in [0.1, 0.15) is 52.9 Å². The number of rotatable bonds is 4. The fraction of sp³-hybridized carbons (Fsp3) is 0.947. The maximum atomic E-state index is 12.4. The molecule has 0 aromatic carbocycles. The number of carbonyl (C=O) groups excluding carboxylic acids is 1. The third kappa shape index (κ3) is 2.62. The minimum Gasteiger partial charge on any atom is -0.462 e. The first-order valence-electron chi connectivity index (χ1n) is 9.49. The van der Waals surface area contributed by atoms with Crippen molar-refractivity contribution in [2.75, 3.05) is 19.7 Å². The zero-order chi connectivity index (χ0) is 16.2. The predicted molar refractivity (Wildman–Crippen MR) is 87.9 cm³/mol. The van der Waals surface area contributed by atoms with Crippen molar-refractivity contribution < 1.29 is 14.3 Å². The quantitative estimate of drug-likeness (QED) is 0.639. The number of ether oxygens (including phenoxy) is 2. The summed E-state index contributed by atoms with van der Waals surface area (Å²) in [4.78, 5) is 12.4. The van der Waals surface area contributed by atoms with Gasteiger partial charge in [-0.2, -0.15) is 0 Å². The molecule has 4 heteroatoms. The van der Waals surface area contributed by atoms with Crippen LogP contribution < -0.4 is 5.32 Å². The van der Waals surface area contributed by atoms with E-state index in [1.54, 1.807) is 0 Å². The monoisotopic (exact) mass is 321 g/mol. The van der Waals surface area contributed by atoms with Gasteiger partial charge in [0.25, 0.3) is 0 Å². The van der Waals surface area contributed by atoms with Crippen LogP contribution in [0.5, 0.6) is 0 Å². The summed E-state index contributed by atoms with van der Waals surface area (Å²) in [6, 6.07) is 0. The highest BCUT2D eigenvalue weighted by Crippen LogP contribution is 2.62. The Kier molecular flexibility index (Phi) is 3.77. The Morgan fingerprint density at radius 3 is 2.83 bits per heavy atom. The summed E-state index contributed by atoms with van der Waals surface area (Å²) >= 11 is 0. The Bertz CT molecular complexity index is 487. The molecule has 2 aliphatic carbocycles.